The minimum Gasteiger partial charge on any atom is -0.201 e. The van der Waals surface area contributed by atoms with Crippen molar-refractivity contribution >= 4 is 34.6 Å². The van der Waals surface area contributed by atoms with Crippen LogP contribution in [0.5, 0.6) is 0 Å². The van der Waals surface area contributed by atoms with E-state index in [1.165, 1.54) is 39.2 Å². The van der Waals surface area contributed by atoms with Crippen LogP contribution in [0.1, 0.15) is 92.3 Å². The molecule has 0 aliphatic heterocycles. The summed E-state index contributed by atoms with van der Waals surface area (Å²) >= 11 is 4.61. The van der Waals surface area contributed by atoms with Gasteiger partial charge in [-0.2, -0.15) is 4.37 Å². The first-order chi connectivity index (χ1) is 12.0. The highest BCUT2D eigenvalue weighted by Crippen LogP contribution is 2.22. The van der Waals surface area contributed by atoms with Gasteiger partial charge < -0.3 is 0 Å². The number of aromatic nitrogens is 3. The Morgan fingerprint density at radius 3 is 1.71 bits per heavy atom. The molecule has 0 radical (unpaired) electrons. The third kappa shape index (κ3) is 11.0. The van der Waals surface area contributed by atoms with E-state index < -0.39 is 0 Å². The van der Waals surface area contributed by atoms with Gasteiger partial charge in [0.05, 0.1) is 5.69 Å². The quantitative estimate of drug-likeness (QED) is 0.380. The van der Waals surface area contributed by atoms with E-state index in [0.717, 1.165) is 0 Å². The van der Waals surface area contributed by atoms with Crippen LogP contribution in [-0.2, 0) is 10.8 Å². The average Bonchev–Trinajstić information content (AvgIpc) is 3.28. The second-order valence-corrected chi connectivity index (χ2v) is 10.6. The molecule has 0 amide bonds. The zero-order valence-electron chi connectivity index (χ0n) is 17.1. The van der Waals surface area contributed by atoms with Gasteiger partial charge in [-0.15, -0.1) is 0 Å². The van der Waals surface area contributed by atoms with Gasteiger partial charge in [0.1, 0.15) is 0 Å². The Kier molecular flexibility index (Phi) is 13.7. The maximum Gasteiger partial charge on any atom is 0.0595 e. The Morgan fingerprint density at radius 1 is 0.857 bits per heavy atom. The van der Waals surface area contributed by atoms with Crippen molar-refractivity contribution in [3.63, 3.8) is 0 Å². The Balaban J connectivity index is 0. The average molecular weight is 442 g/mol. The molecular weight excluding hydrogens is 402 g/mol. The fourth-order valence-electron chi connectivity index (χ4n) is 1.70. The van der Waals surface area contributed by atoms with Crippen molar-refractivity contribution in [2.45, 2.75) is 87.0 Å². The van der Waals surface area contributed by atoms with Crippen molar-refractivity contribution in [3.05, 3.63) is 51.4 Å². The molecule has 28 heavy (non-hydrogen) atoms. The van der Waals surface area contributed by atoms with E-state index in [-0.39, 0.29) is 25.7 Å². The SMILES string of the molecule is C.C.CC(C)(C)c1ccsn1.CC(C)(C)c1cnsc1.CC(C)c1ccns1. The van der Waals surface area contributed by atoms with Gasteiger partial charge in [0, 0.05) is 33.4 Å². The summed E-state index contributed by atoms with van der Waals surface area (Å²) in [6, 6.07) is 4.14. The van der Waals surface area contributed by atoms with E-state index in [1.54, 1.807) is 11.5 Å². The molecule has 0 atom stereocenters. The molecule has 0 fully saturated rings. The van der Waals surface area contributed by atoms with Crippen molar-refractivity contribution in [1.29, 1.82) is 0 Å². The molecule has 0 bridgehead atoms. The molecule has 3 rings (SSSR count). The molecule has 3 heterocycles. The summed E-state index contributed by atoms with van der Waals surface area (Å²) in [6.07, 6.45) is 3.78. The fourth-order valence-corrected chi connectivity index (χ4v) is 3.74. The minimum atomic E-state index is 0. The van der Waals surface area contributed by atoms with Crippen molar-refractivity contribution in [2.24, 2.45) is 0 Å². The highest BCUT2D eigenvalue weighted by Gasteiger charge is 2.14. The summed E-state index contributed by atoms with van der Waals surface area (Å²) in [5.41, 5.74) is 3.01. The van der Waals surface area contributed by atoms with Crippen LogP contribution >= 0.6 is 34.6 Å². The van der Waals surface area contributed by atoms with Gasteiger partial charge in [0.2, 0.25) is 0 Å². The van der Waals surface area contributed by atoms with Crippen LogP contribution < -0.4 is 0 Å². The summed E-state index contributed by atoms with van der Waals surface area (Å²) in [4.78, 5) is 1.37. The summed E-state index contributed by atoms with van der Waals surface area (Å²) < 4.78 is 12.2. The molecule has 0 saturated carbocycles. The summed E-state index contributed by atoms with van der Waals surface area (Å²) in [6.45, 7) is 17.4. The molecular formula is C22H39N3S3. The number of hydrogen-bond donors (Lipinski definition) is 0. The molecule has 6 heteroatoms. The van der Waals surface area contributed by atoms with Crippen molar-refractivity contribution in [2.75, 3.05) is 0 Å². The van der Waals surface area contributed by atoms with Gasteiger partial charge in [-0.1, -0.05) is 70.2 Å². The van der Waals surface area contributed by atoms with Crippen LogP contribution in [0.15, 0.2) is 35.3 Å². The lowest BCUT2D eigenvalue weighted by Gasteiger charge is -2.14. The lowest BCUT2D eigenvalue weighted by Crippen LogP contribution is -2.10. The molecule has 160 valence electrons. The summed E-state index contributed by atoms with van der Waals surface area (Å²) in [5.74, 6) is 0.641. The molecule has 0 saturated heterocycles. The van der Waals surface area contributed by atoms with E-state index in [9.17, 15) is 0 Å². The van der Waals surface area contributed by atoms with E-state index in [4.69, 9.17) is 0 Å². The highest BCUT2D eigenvalue weighted by atomic mass is 32.1. The molecule has 0 aliphatic rings. The first-order valence-corrected chi connectivity index (χ1v) is 11.2. The van der Waals surface area contributed by atoms with Crippen LogP contribution in [0.25, 0.3) is 0 Å². The largest absolute Gasteiger partial charge is 0.201 e. The highest BCUT2D eigenvalue weighted by molar-refractivity contribution is 7.05. The Labute approximate surface area is 185 Å². The number of nitrogens with zero attached hydrogens (tertiary/aromatic N) is 3. The second-order valence-electron chi connectivity index (χ2n) is 8.37. The molecule has 3 aromatic heterocycles. The van der Waals surface area contributed by atoms with E-state index in [0.29, 0.717) is 5.92 Å². The third-order valence-electron chi connectivity index (χ3n) is 3.53. The summed E-state index contributed by atoms with van der Waals surface area (Å²) in [7, 11) is 0. The van der Waals surface area contributed by atoms with Gasteiger partial charge in [-0.05, 0) is 63.6 Å². The third-order valence-corrected chi connectivity index (χ3v) is 5.72. The standard InChI is InChI=1S/2C7H11NS.C6H9NS.2CH4/c1-7(2,3)6-4-8-9-5-6;1-7(2,3)6-4-5-9-8-6;1-5(2)6-3-4-7-8-6;;/h2*4-5H,1-3H3;3-5H,1-2H3;2*1H4. The second kappa shape index (κ2) is 13.2. The number of rotatable bonds is 1. The molecule has 0 N–H and O–H groups in total. The van der Waals surface area contributed by atoms with E-state index in [2.05, 4.69) is 86.0 Å². The Morgan fingerprint density at radius 2 is 1.50 bits per heavy atom. The Bertz CT molecular complexity index is 643. The smallest absolute Gasteiger partial charge is 0.0595 e. The van der Waals surface area contributed by atoms with Gasteiger partial charge in [0.25, 0.3) is 0 Å². The van der Waals surface area contributed by atoms with Gasteiger partial charge in [-0.25, -0.2) is 8.75 Å². The van der Waals surface area contributed by atoms with Crippen LogP contribution in [-0.4, -0.2) is 13.1 Å². The normalized spacial score (nSPS) is 10.6. The van der Waals surface area contributed by atoms with Crippen molar-refractivity contribution in [1.82, 2.24) is 13.1 Å². The van der Waals surface area contributed by atoms with Gasteiger partial charge in [-0.3, -0.25) is 0 Å². The van der Waals surface area contributed by atoms with Gasteiger partial charge in [0.15, 0.2) is 0 Å². The van der Waals surface area contributed by atoms with E-state index >= 15 is 0 Å². The van der Waals surface area contributed by atoms with Crippen LogP contribution in [0, 0.1) is 0 Å². The first-order valence-electron chi connectivity index (χ1n) is 8.73. The zero-order chi connectivity index (χ0) is 19.8. The minimum absolute atomic E-state index is 0. The maximum atomic E-state index is 4.23. The van der Waals surface area contributed by atoms with Crippen LogP contribution in [0.2, 0.25) is 0 Å². The zero-order valence-corrected chi connectivity index (χ0v) is 19.6. The van der Waals surface area contributed by atoms with Crippen molar-refractivity contribution in [3.8, 4) is 0 Å². The topological polar surface area (TPSA) is 38.7 Å². The van der Waals surface area contributed by atoms with Crippen LogP contribution in [0.4, 0.5) is 0 Å². The fraction of sp³-hybridized carbons (Fsp3) is 0.591. The molecule has 3 aromatic rings. The predicted molar refractivity (Wildman–Crippen MR) is 131 cm³/mol. The molecule has 0 aromatic carbocycles. The lowest BCUT2D eigenvalue weighted by molar-refractivity contribution is 0.576. The lowest BCUT2D eigenvalue weighted by atomic mass is 9.90. The van der Waals surface area contributed by atoms with E-state index in [1.807, 2.05) is 17.8 Å². The number of hydrogen-bond acceptors (Lipinski definition) is 6. The molecule has 0 unspecified atom stereocenters. The summed E-state index contributed by atoms with van der Waals surface area (Å²) in [5, 5.41) is 4.11. The molecule has 0 aliphatic carbocycles. The molecule has 3 nitrogen and oxygen atoms in total. The first kappa shape index (κ1) is 29.1. The maximum absolute atomic E-state index is 4.23. The van der Waals surface area contributed by atoms with Gasteiger partial charge >= 0.3 is 0 Å². The predicted octanol–water partition coefficient (Wildman–Crippen LogP) is 8.42. The monoisotopic (exact) mass is 441 g/mol. The Hall–Kier alpha value is -1.11. The molecule has 0 spiro atoms. The van der Waals surface area contributed by atoms with Crippen LogP contribution in [0.3, 0.4) is 0 Å². The van der Waals surface area contributed by atoms with Crippen molar-refractivity contribution < 1.29 is 0 Å².